The molecule has 0 atom stereocenters. The Bertz CT molecular complexity index is 444. The lowest BCUT2D eigenvalue weighted by Crippen LogP contribution is -2.22. The Balaban J connectivity index is 2.59. The fraction of sp³-hybridized carbons (Fsp3) is 0. The van der Waals surface area contributed by atoms with Crippen LogP contribution in [0.2, 0.25) is 0 Å². The van der Waals surface area contributed by atoms with Crippen LogP contribution in [0.25, 0.3) is 0 Å². The van der Waals surface area contributed by atoms with E-state index in [2.05, 4.69) is 4.47 Å². The maximum Gasteiger partial charge on any atom is 0.280 e. The van der Waals surface area contributed by atoms with Crippen molar-refractivity contribution in [2.75, 3.05) is 0 Å². The number of amides is 2. The van der Waals surface area contributed by atoms with Crippen molar-refractivity contribution in [3.8, 4) is 0 Å². The maximum atomic E-state index is 11.5. The summed E-state index contributed by atoms with van der Waals surface area (Å²) in [6.45, 7) is 0. The van der Waals surface area contributed by atoms with Gasteiger partial charge in [-0.25, -0.2) is 0 Å². The van der Waals surface area contributed by atoms with E-state index in [1.807, 2.05) is 0 Å². The summed E-state index contributed by atoms with van der Waals surface area (Å²) in [5.41, 5.74) is 0.592. The Morgan fingerprint density at radius 3 is 2.00 bits per heavy atom. The summed E-state index contributed by atoms with van der Waals surface area (Å²) in [5, 5.41) is 0.610. The molecule has 0 aliphatic carbocycles. The quantitative estimate of drug-likeness (QED) is 0.385. The first kappa shape index (κ1) is 8.89. The van der Waals surface area contributed by atoms with Crippen molar-refractivity contribution in [3.63, 3.8) is 0 Å². The molecule has 1 aliphatic rings. The molecule has 72 valence electrons. The van der Waals surface area contributed by atoms with Crippen LogP contribution in [0.5, 0.6) is 0 Å². The van der Waals surface area contributed by atoms with Crippen LogP contribution in [-0.4, -0.2) is 16.8 Å². The molecule has 14 heavy (non-hydrogen) atoms. The largest absolute Gasteiger partial charge is 0.445 e. The van der Waals surface area contributed by atoms with Gasteiger partial charge in [0, 0.05) is 0 Å². The van der Waals surface area contributed by atoms with Gasteiger partial charge < -0.3 is 4.21 Å². The van der Waals surface area contributed by atoms with Gasteiger partial charge in [0.1, 0.15) is 0 Å². The van der Waals surface area contributed by atoms with E-state index in [1.165, 1.54) is 12.1 Å². The van der Waals surface area contributed by atoms with E-state index in [-0.39, 0.29) is 0 Å². The number of rotatable bonds is 1. The first-order valence-electron chi connectivity index (χ1n) is 3.77. The number of hydrogen-bond donors (Lipinski definition) is 0. The lowest BCUT2D eigenvalue weighted by Gasteiger charge is -2.06. The van der Waals surface area contributed by atoms with Gasteiger partial charge >= 0.3 is 0 Å². The van der Waals surface area contributed by atoms with Crippen LogP contribution in [0.3, 0.4) is 0 Å². The Hall–Kier alpha value is -1.69. The van der Waals surface area contributed by atoms with Gasteiger partial charge in [0.25, 0.3) is 11.8 Å². The standard InChI is InChI=1S/C8H5N2O3S/c11-7-5-3-1-2-4-6(5)8(12)10(7)9-14-13/h1-4,14H/q-1. The van der Waals surface area contributed by atoms with Crippen LogP contribution in [0.15, 0.2) is 28.7 Å². The molecule has 1 aromatic carbocycles. The average Bonchev–Trinajstić information content (AvgIpc) is 2.45. The minimum atomic E-state index is -0.607. The van der Waals surface area contributed by atoms with Crippen LogP contribution < -0.4 is 0 Å². The Kier molecular flexibility index (Phi) is 2.05. The zero-order valence-corrected chi connectivity index (χ0v) is 7.77. The van der Waals surface area contributed by atoms with Gasteiger partial charge in [-0.05, 0) is 12.1 Å². The fourth-order valence-electron chi connectivity index (χ4n) is 1.29. The third-order valence-electron chi connectivity index (χ3n) is 1.90. The number of benzene rings is 1. The van der Waals surface area contributed by atoms with Crippen molar-refractivity contribution in [2.24, 2.45) is 4.47 Å². The molecule has 0 unspecified atom stereocenters. The molecule has 0 bridgehead atoms. The molecule has 0 saturated heterocycles. The molecule has 2 rings (SSSR count). The van der Waals surface area contributed by atoms with E-state index in [1.54, 1.807) is 12.1 Å². The van der Waals surface area contributed by atoms with E-state index < -0.39 is 23.3 Å². The van der Waals surface area contributed by atoms with E-state index >= 15 is 0 Å². The summed E-state index contributed by atoms with van der Waals surface area (Å²) >= 11 is -0.607. The maximum absolute atomic E-state index is 11.5. The second kappa shape index (κ2) is 3.22. The van der Waals surface area contributed by atoms with Crippen molar-refractivity contribution < 1.29 is 13.8 Å². The van der Waals surface area contributed by atoms with Crippen molar-refractivity contribution >= 4 is 23.3 Å². The average molecular weight is 209 g/mol. The molecule has 0 N–H and O–H groups in total. The summed E-state index contributed by atoms with van der Waals surface area (Å²) in [6.07, 6.45) is 0. The Morgan fingerprint density at radius 2 is 1.57 bits per heavy atom. The normalized spacial score (nSPS) is 14.4. The molecule has 0 spiro atoms. The molecule has 0 radical (unpaired) electrons. The molecule has 1 aromatic rings. The summed E-state index contributed by atoms with van der Waals surface area (Å²) in [4.78, 5) is 22.9. The lowest BCUT2D eigenvalue weighted by atomic mass is 10.1. The summed E-state index contributed by atoms with van der Waals surface area (Å²) < 4.78 is 13.4. The highest BCUT2D eigenvalue weighted by atomic mass is 32.1. The van der Waals surface area contributed by atoms with Crippen molar-refractivity contribution in [1.29, 1.82) is 0 Å². The predicted octanol–water partition coefficient (Wildman–Crippen LogP) is 0.542. The van der Waals surface area contributed by atoms with Crippen molar-refractivity contribution in [3.05, 3.63) is 35.4 Å². The summed E-state index contributed by atoms with van der Waals surface area (Å²) in [7, 11) is 0. The SMILES string of the molecule is O=[SH-]=NN1C(=O)c2ccccc2C1=O. The molecular weight excluding hydrogens is 204 g/mol. The highest BCUT2D eigenvalue weighted by Gasteiger charge is 2.33. The molecular formula is C8H5N2O3S-. The lowest BCUT2D eigenvalue weighted by molar-refractivity contribution is 0.0662. The third-order valence-corrected chi connectivity index (χ3v) is 2.15. The number of imide groups is 1. The zero-order valence-electron chi connectivity index (χ0n) is 6.88. The van der Waals surface area contributed by atoms with Gasteiger partial charge in [-0.15, -0.1) is 0 Å². The predicted molar refractivity (Wildman–Crippen MR) is 48.8 cm³/mol. The van der Waals surface area contributed by atoms with E-state index in [4.69, 9.17) is 0 Å². The molecule has 0 fully saturated rings. The van der Waals surface area contributed by atoms with Crippen molar-refractivity contribution in [2.45, 2.75) is 0 Å². The van der Waals surface area contributed by atoms with Crippen LogP contribution in [0.1, 0.15) is 20.7 Å². The molecule has 0 saturated carbocycles. The van der Waals surface area contributed by atoms with Crippen molar-refractivity contribution in [1.82, 2.24) is 5.01 Å². The Labute approximate surface area is 82.6 Å². The van der Waals surface area contributed by atoms with E-state index in [9.17, 15) is 13.8 Å². The third kappa shape index (κ3) is 1.12. The molecule has 2 amide bonds. The highest BCUT2D eigenvalue weighted by Crippen LogP contribution is 2.22. The van der Waals surface area contributed by atoms with Gasteiger partial charge in [-0.3, -0.25) is 14.1 Å². The summed E-state index contributed by atoms with van der Waals surface area (Å²) in [6, 6.07) is 6.38. The summed E-state index contributed by atoms with van der Waals surface area (Å²) in [5.74, 6) is -1.07. The smallest absolute Gasteiger partial charge is 0.280 e. The second-order valence-corrected chi connectivity index (χ2v) is 2.98. The minimum absolute atomic E-state index is 0.296. The van der Waals surface area contributed by atoms with E-state index in [0.717, 1.165) is 0 Å². The topological polar surface area (TPSA) is 66.8 Å². The molecule has 6 heteroatoms. The number of carbonyl (C=O) groups excluding carboxylic acids is 2. The van der Waals surface area contributed by atoms with E-state index in [0.29, 0.717) is 16.1 Å². The molecule has 0 aromatic heterocycles. The Morgan fingerprint density at radius 1 is 1.07 bits per heavy atom. The van der Waals surface area contributed by atoms with Gasteiger partial charge in [0.15, 0.2) is 0 Å². The van der Waals surface area contributed by atoms with Gasteiger partial charge in [0.05, 0.1) is 11.1 Å². The van der Waals surface area contributed by atoms with Crippen LogP contribution in [0.4, 0.5) is 0 Å². The van der Waals surface area contributed by atoms with Gasteiger partial charge in [-0.2, -0.15) is 16.5 Å². The minimum Gasteiger partial charge on any atom is -0.445 e. The number of nitrogens with zero attached hydrogens (tertiary/aromatic N) is 2. The van der Waals surface area contributed by atoms with Crippen LogP contribution >= 0.6 is 0 Å². The number of fused-ring (bicyclic) bond motifs is 1. The zero-order chi connectivity index (χ0) is 10.1. The van der Waals surface area contributed by atoms with Crippen LogP contribution in [0, 0.1) is 0 Å². The second-order valence-electron chi connectivity index (χ2n) is 2.64. The first-order valence-corrected chi connectivity index (χ1v) is 4.53. The monoisotopic (exact) mass is 209 g/mol. The van der Waals surface area contributed by atoms with Crippen LogP contribution in [-0.2, 0) is 15.7 Å². The number of hydrogen-bond acceptors (Lipinski definition) is 5. The first-order chi connectivity index (χ1) is 6.75. The number of carbonyl (C=O) groups is 2. The fourth-order valence-corrected chi connectivity index (χ4v) is 1.53. The van der Waals surface area contributed by atoms with Gasteiger partial charge in [-0.1, -0.05) is 12.1 Å². The molecule has 1 aliphatic heterocycles. The highest BCUT2D eigenvalue weighted by molar-refractivity contribution is 7.54. The molecule has 1 heterocycles. The number of thiol groups is 1. The molecule has 5 nitrogen and oxygen atoms in total. The van der Waals surface area contributed by atoms with Gasteiger partial charge in [0.2, 0.25) is 0 Å².